The highest BCUT2D eigenvalue weighted by molar-refractivity contribution is 6.30. The molecule has 0 unspecified atom stereocenters. The number of benzene rings is 2. The smallest absolute Gasteiger partial charge is 0.355 e. The monoisotopic (exact) mass is 339 g/mol. The van der Waals surface area contributed by atoms with Crippen molar-refractivity contribution in [2.24, 2.45) is 0 Å². The summed E-state index contributed by atoms with van der Waals surface area (Å²) in [5.41, 5.74) is 4.87. The molecule has 0 bridgehead atoms. The molecule has 4 nitrogen and oxygen atoms in total. The van der Waals surface area contributed by atoms with Gasteiger partial charge < -0.3 is 14.5 Å². The molecule has 3 aromatic rings. The molecule has 0 saturated carbocycles. The third-order valence-corrected chi connectivity index (χ3v) is 4.41. The normalized spacial score (nSPS) is 12.1. The van der Waals surface area contributed by atoms with Crippen LogP contribution >= 0.6 is 11.6 Å². The molecular weight excluding hydrogens is 326 g/mol. The minimum atomic E-state index is -0.410. The summed E-state index contributed by atoms with van der Waals surface area (Å²) in [5.74, 6) is 0.386. The zero-order chi connectivity index (χ0) is 16.7. The molecule has 4 rings (SSSR count). The van der Waals surface area contributed by atoms with E-state index in [2.05, 4.69) is 4.98 Å². The van der Waals surface area contributed by atoms with Crippen LogP contribution in [0.2, 0.25) is 5.02 Å². The second-order valence-electron chi connectivity index (χ2n) is 5.51. The second-order valence-corrected chi connectivity index (χ2v) is 5.95. The van der Waals surface area contributed by atoms with Gasteiger partial charge in [0.2, 0.25) is 0 Å². The van der Waals surface area contributed by atoms with E-state index < -0.39 is 5.97 Å². The van der Waals surface area contributed by atoms with Crippen molar-refractivity contribution in [3.8, 4) is 28.1 Å². The molecule has 0 spiro atoms. The Labute approximate surface area is 144 Å². The average molecular weight is 340 g/mol. The van der Waals surface area contributed by atoms with Crippen LogP contribution in [0.25, 0.3) is 22.4 Å². The van der Waals surface area contributed by atoms with E-state index in [4.69, 9.17) is 21.1 Å². The molecule has 2 aromatic carbocycles. The Hall–Kier alpha value is -2.72. The van der Waals surface area contributed by atoms with Crippen LogP contribution in [0.4, 0.5) is 0 Å². The first-order valence-electron chi connectivity index (χ1n) is 7.50. The number of para-hydroxylation sites is 1. The van der Waals surface area contributed by atoms with Crippen LogP contribution in [-0.4, -0.2) is 18.1 Å². The number of carbonyl (C=O) groups is 1. The fraction of sp³-hybridized carbons (Fsp3) is 0.105. The highest BCUT2D eigenvalue weighted by Gasteiger charge is 2.28. The van der Waals surface area contributed by atoms with Crippen LogP contribution < -0.4 is 4.74 Å². The van der Waals surface area contributed by atoms with E-state index in [1.165, 1.54) is 7.11 Å². The van der Waals surface area contributed by atoms with E-state index in [-0.39, 0.29) is 0 Å². The molecule has 1 aliphatic heterocycles. The fourth-order valence-electron chi connectivity index (χ4n) is 3.05. The summed E-state index contributed by atoms with van der Waals surface area (Å²) < 4.78 is 10.8. The minimum Gasteiger partial charge on any atom is -0.488 e. The van der Waals surface area contributed by atoms with Crippen LogP contribution in [0.15, 0.2) is 48.5 Å². The molecular formula is C19H14ClNO3. The molecule has 0 amide bonds. The first-order chi connectivity index (χ1) is 11.7. The number of carbonyl (C=O) groups excluding carboxylic acids is 1. The van der Waals surface area contributed by atoms with Gasteiger partial charge in [0, 0.05) is 21.7 Å². The zero-order valence-electron chi connectivity index (χ0n) is 12.9. The van der Waals surface area contributed by atoms with Gasteiger partial charge in [-0.15, -0.1) is 0 Å². The predicted octanol–water partition coefficient (Wildman–Crippen LogP) is 4.68. The van der Waals surface area contributed by atoms with Crippen molar-refractivity contribution < 1.29 is 14.3 Å². The van der Waals surface area contributed by atoms with Crippen molar-refractivity contribution in [2.45, 2.75) is 6.61 Å². The van der Waals surface area contributed by atoms with Gasteiger partial charge in [0.05, 0.1) is 12.8 Å². The number of fused-ring (bicyclic) bond motifs is 3. The average Bonchev–Trinajstić information content (AvgIpc) is 3.01. The number of hydrogen-bond donors (Lipinski definition) is 1. The number of halogens is 1. The van der Waals surface area contributed by atoms with Crippen molar-refractivity contribution in [3.05, 3.63) is 64.8 Å². The van der Waals surface area contributed by atoms with Gasteiger partial charge >= 0.3 is 5.97 Å². The van der Waals surface area contributed by atoms with Crippen LogP contribution in [0.3, 0.4) is 0 Å². The largest absolute Gasteiger partial charge is 0.488 e. The van der Waals surface area contributed by atoms with Crippen molar-refractivity contribution in [2.75, 3.05) is 7.11 Å². The van der Waals surface area contributed by atoms with Gasteiger partial charge in [0.15, 0.2) is 0 Å². The van der Waals surface area contributed by atoms with E-state index in [1.807, 2.05) is 36.4 Å². The number of esters is 1. The fourth-order valence-corrected chi connectivity index (χ4v) is 3.18. The van der Waals surface area contributed by atoms with Gasteiger partial charge in [-0.05, 0) is 29.8 Å². The van der Waals surface area contributed by atoms with E-state index in [9.17, 15) is 4.79 Å². The highest BCUT2D eigenvalue weighted by Crippen LogP contribution is 2.43. The van der Waals surface area contributed by atoms with Crippen LogP contribution in [0.5, 0.6) is 5.75 Å². The lowest BCUT2D eigenvalue weighted by molar-refractivity contribution is 0.0596. The number of aromatic amines is 1. The molecule has 0 atom stereocenters. The maximum absolute atomic E-state index is 12.3. The quantitative estimate of drug-likeness (QED) is 0.689. The Morgan fingerprint density at radius 2 is 1.92 bits per heavy atom. The van der Waals surface area contributed by atoms with E-state index in [0.29, 0.717) is 17.3 Å². The summed E-state index contributed by atoms with van der Waals surface area (Å²) in [6.07, 6.45) is 0. The standard InChI is InChI=1S/C19H14ClNO3/c1-23-19(22)18-16(11-6-8-12(20)9-7-11)14-10-24-15-5-3-2-4-13(15)17(14)21-18/h2-9,21H,10H2,1H3. The number of rotatable bonds is 2. The molecule has 1 aliphatic rings. The lowest BCUT2D eigenvalue weighted by Gasteiger charge is -2.18. The minimum absolute atomic E-state index is 0.387. The molecule has 5 heteroatoms. The summed E-state index contributed by atoms with van der Waals surface area (Å²) in [7, 11) is 1.37. The summed E-state index contributed by atoms with van der Waals surface area (Å²) in [6, 6.07) is 15.1. The number of hydrogen-bond acceptors (Lipinski definition) is 3. The van der Waals surface area contributed by atoms with Gasteiger partial charge in [-0.1, -0.05) is 35.9 Å². The zero-order valence-corrected chi connectivity index (χ0v) is 13.7. The Balaban J connectivity index is 1.98. The van der Waals surface area contributed by atoms with Gasteiger partial charge in [0.25, 0.3) is 0 Å². The Morgan fingerprint density at radius 3 is 2.67 bits per heavy atom. The topological polar surface area (TPSA) is 51.3 Å². The summed E-state index contributed by atoms with van der Waals surface area (Å²) in [6.45, 7) is 0.387. The number of H-pyrrole nitrogens is 1. The molecule has 24 heavy (non-hydrogen) atoms. The van der Waals surface area contributed by atoms with E-state index >= 15 is 0 Å². The highest BCUT2D eigenvalue weighted by atomic mass is 35.5. The predicted molar refractivity (Wildman–Crippen MR) is 92.3 cm³/mol. The number of methoxy groups -OCH3 is 1. The van der Waals surface area contributed by atoms with Crippen molar-refractivity contribution in [3.63, 3.8) is 0 Å². The van der Waals surface area contributed by atoms with Gasteiger partial charge in [-0.2, -0.15) is 0 Å². The lowest BCUT2D eigenvalue weighted by Crippen LogP contribution is -2.05. The Kier molecular flexibility index (Phi) is 3.54. The maximum Gasteiger partial charge on any atom is 0.355 e. The van der Waals surface area contributed by atoms with Crippen LogP contribution in [-0.2, 0) is 11.3 Å². The van der Waals surface area contributed by atoms with Crippen molar-refractivity contribution in [1.82, 2.24) is 4.98 Å². The van der Waals surface area contributed by atoms with Crippen LogP contribution in [0, 0.1) is 0 Å². The molecule has 0 radical (unpaired) electrons. The van der Waals surface area contributed by atoms with Crippen LogP contribution in [0.1, 0.15) is 16.1 Å². The number of nitrogens with one attached hydrogen (secondary N) is 1. The lowest BCUT2D eigenvalue weighted by atomic mass is 9.96. The summed E-state index contributed by atoms with van der Waals surface area (Å²) >= 11 is 5.99. The summed E-state index contributed by atoms with van der Waals surface area (Å²) in [5, 5.41) is 0.643. The number of aromatic nitrogens is 1. The van der Waals surface area contributed by atoms with Crippen molar-refractivity contribution in [1.29, 1.82) is 0 Å². The van der Waals surface area contributed by atoms with E-state index in [1.54, 1.807) is 12.1 Å². The maximum atomic E-state index is 12.3. The molecule has 2 heterocycles. The third kappa shape index (κ3) is 2.27. The second kappa shape index (κ2) is 5.73. The molecule has 0 aliphatic carbocycles. The Bertz CT molecular complexity index is 928. The Morgan fingerprint density at radius 1 is 1.17 bits per heavy atom. The third-order valence-electron chi connectivity index (χ3n) is 4.15. The SMILES string of the molecule is COC(=O)c1[nH]c2c(c1-c1ccc(Cl)cc1)COc1ccccc1-2. The van der Waals surface area contributed by atoms with E-state index in [0.717, 1.165) is 33.7 Å². The van der Waals surface area contributed by atoms with Gasteiger partial charge in [0.1, 0.15) is 18.1 Å². The first kappa shape index (κ1) is 14.8. The van der Waals surface area contributed by atoms with Crippen molar-refractivity contribution >= 4 is 17.6 Å². The molecule has 120 valence electrons. The molecule has 0 saturated heterocycles. The van der Waals surface area contributed by atoms with Gasteiger partial charge in [-0.3, -0.25) is 0 Å². The molecule has 1 N–H and O–H groups in total. The molecule has 1 aromatic heterocycles. The van der Waals surface area contributed by atoms with Gasteiger partial charge in [-0.25, -0.2) is 4.79 Å². The molecule has 0 fully saturated rings. The first-order valence-corrected chi connectivity index (χ1v) is 7.88. The number of ether oxygens (including phenoxy) is 2. The summed E-state index contributed by atoms with van der Waals surface area (Å²) in [4.78, 5) is 15.5.